The van der Waals surface area contributed by atoms with Gasteiger partial charge in [-0.2, -0.15) is 0 Å². The maximum atomic E-state index is 2.50. The van der Waals surface area contributed by atoms with Crippen molar-refractivity contribution in [2.75, 3.05) is 0 Å². The summed E-state index contributed by atoms with van der Waals surface area (Å²) in [5.41, 5.74) is 2.50. The molecule has 6 heavy (non-hydrogen) atoms. The molecule has 1 heterocycles. The van der Waals surface area contributed by atoms with Crippen LogP contribution in [0.3, 0.4) is 0 Å². The minimum atomic E-state index is 0.118. The third-order valence-electron chi connectivity index (χ3n) is 1.27. The molecular weight excluding hydrogens is 88.1 g/mol. The normalized spacial score (nSPS) is 21.2. The molecule has 1 aliphatic rings. The molecule has 0 amide bonds. The minimum Gasteiger partial charge on any atom is -0.104 e. The molecule has 0 saturated carbocycles. The van der Waals surface area contributed by atoms with Crippen molar-refractivity contribution in [3.63, 3.8) is 0 Å². The largest absolute Gasteiger partial charge is 0.104 e. The van der Waals surface area contributed by atoms with Crippen molar-refractivity contribution in [1.82, 2.24) is 0 Å². The van der Waals surface area contributed by atoms with Gasteiger partial charge in [0.2, 0.25) is 0 Å². The quantitative estimate of drug-likeness (QED) is 0.400. The fourth-order valence-corrected chi connectivity index (χ4v) is 2.49. The molecule has 0 radical (unpaired) electrons. The van der Waals surface area contributed by atoms with Gasteiger partial charge in [-0.05, 0) is 18.9 Å². The third-order valence-corrected chi connectivity index (χ3v) is 3.40. The molecule has 0 saturated heterocycles. The second-order valence-corrected chi connectivity index (χ2v) is 4.54. The predicted octanol–water partition coefficient (Wildman–Crippen LogP) is 1.29. The Morgan fingerprint density at radius 2 is 2.50 bits per heavy atom. The molecule has 0 fully saturated rings. The smallest absolute Gasteiger partial charge is 0.00200 e. The molecule has 1 heteroatoms. The zero-order chi connectivity index (χ0) is 4.41. The zero-order valence-electron chi connectivity index (χ0n) is 4.20. The Kier molecular flexibility index (Phi) is 1.20. The van der Waals surface area contributed by atoms with Gasteiger partial charge in [-0.25, -0.2) is 0 Å². The topological polar surface area (TPSA) is 0 Å². The maximum Gasteiger partial charge on any atom is 0.00200 e. The number of rotatable bonds is 0. The van der Waals surface area contributed by atoms with Crippen molar-refractivity contribution in [3.05, 3.63) is 0 Å². The lowest BCUT2D eigenvalue weighted by Crippen LogP contribution is -1.85. The summed E-state index contributed by atoms with van der Waals surface area (Å²) in [5, 5.41) is 0. The van der Waals surface area contributed by atoms with Crippen molar-refractivity contribution >= 4 is 14.1 Å². The molecule has 1 aliphatic heterocycles. The van der Waals surface area contributed by atoms with E-state index >= 15 is 0 Å². The second-order valence-electron chi connectivity index (χ2n) is 1.94. The summed E-state index contributed by atoms with van der Waals surface area (Å²) in [7, 11) is 0.118. The summed E-state index contributed by atoms with van der Waals surface area (Å²) < 4.78 is 0. The molecule has 0 unspecified atom stereocenters. The highest BCUT2D eigenvalue weighted by Gasteiger charge is 1.96. The third kappa shape index (κ3) is 0.775. The number of hydrogen-bond acceptors (Lipinski definition) is 0. The van der Waals surface area contributed by atoms with E-state index in [2.05, 4.69) is 12.2 Å². The zero-order valence-corrected chi connectivity index (χ0v) is 5.20. The molecule has 0 bridgehead atoms. The predicted molar refractivity (Wildman–Crippen MR) is 31.7 cm³/mol. The highest BCUT2D eigenvalue weighted by atomic mass is 28.2. The van der Waals surface area contributed by atoms with Gasteiger partial charge in [0.1, 0.15) is 0 Å². The highest BCUT2D eigenvalue weighted by molar-refractivity contribution is 6.65. The van der Waals surface area contributed by atoms with E-state index in [1.165, 1.54) is 18.9 Å². The van der Waals surface area contributed by atoms with E-state index in [1.54, 1.807) is 0 Å². The van der Waals surface area contributed by atoms with Crippen molar-refractivity contribution < 1.29 is 0 Å². The van der Waals surface area contributed by atoms with E-state index in [1.807, 2.05) is 0 Å². The molecule has 1 rings (SSSR count). The van der Waals surface area contributed by atoms with Crippen LogP contribution >= 0.6 is 0 Å². The molecule has 0 atom stereocenters. The Labute approximate surface area is 40.4 Å². The van der Waals surface area contributed by atoms with Crippen molar-refractivity contribution in [2.24, 2.45) is 0 Å². The Hall–Kier alpha value is 0.0869. The van der Waals surface area contributed by atoms with Crippen LogP contribution in [-0.2, 0) is 0 Å². The van der Waals surface area contributed by atoms with Gasteiger partial charge < -0.3 is 0 Å². The van der Waals surface area contributed by atoms with E-state index < -0.39 is 0 Å². The lowest BCUT2D eigenvalue weighted by atomic mass is 10.4. The first kappa shape index (κ1) is 4.25. The van der Waals surface area contributed by atoms with Gasteiger partial charge >= 0.3 is 0 Å². The summed E-state index contributed by atoms with van der Waals surface area (Å²) in [6.45, 7) is 2.39. The van der Waals surface area contributed by atoms with Gasteiger partial charge in [0.25, 0.3) is 0 Å². The van der Waals surface area contributed by atoms with E-state index in [-0.39, 0.29) is 8.41 Å². The fraction of sp³-hybridized carbons (Fsp3) is 0.800. The van der Waals surface area contributed by atoms with Crippen LogP contribution in [0.4, 0.5) is 0 Å². The Balaban J connectivity index is 2.45. The van der Waals surface area contributed by atoms with Gasteiger partial charge in [-0.1, -0.05) is 6.55 Å². The Morgan fingerprint density at radius 1 is 1.67 bits per heavy atom. The van der Waals surface area contributed by atoms with Crippen LogP contribution in [-0.4, -0.2) is 14.1 Å². The second kappa shape index (κ2) is 1.69. The van der Waals surface area contributed by atoms with Gasteiger partial charge in [0.05, 0.1) is 0 Å². The van der Waals surface area contributed by atoms with Crippen LogP contribution < -0.4 is 0 Å². The lowest BCUT2D eigenvalue weighted by Gasteiger charge is -1.77. The van der Waals surface area contributed by atoms with Crippen molar-refractivity contribution in [1.29, 1.82) is 0 Å². The van der Waals surface area contributed by atoms with Gasteiger partial charge in [0, 0.05) is 8.41 Å². The molecule has 0 aliphatic carbocycles. The number of hydrogen-bond donors (Lipinski definition) is 0. The van der Waals surface area contributed by atoms with Crippen LogP contribution in [0.25, 0.3) is 0 Å². The molecule has 0 N–H and O–H groups in total. The van der Waals surface area contributed by atoms with Gasteiger partial charge in [0.15, 0.2) is 0 Å². The molecule has 0 spiro atoms. The molecule has 0 aromatic heterocycles. The fourth-order valence-electron chi connectivity index (χ4n) is 0.831. The van der Waals surface area contributed by atoms with Crippen LogP contribution in [0.5, 0.6) is 0 Å². The molecule has 0 nitrogen and oxygen atoms in total. The molecule has 0 aromatic carbocycles. The Morgan fingerprint density at radius 3 is 2.67 bits per heavy atom. The SMILES string of the molecule is C[Si]1=CCCC1. The van der Waals surface area contributed by atoms with Crippen molar-refractivity contribution in [3.8, 4) is 0 Å². The van der Waals surface area contributed by atoms with Crippen LogP contribution in [0.1, 0.15) is 12.8 Å². The van der Waals surface area contributed by atoms with E-state index in [0.717, 1.165) is 0 Å². The standard InChI is InChI=1S/C5H10Si/c1-6-4-2-3-5-6/h4H,2-3,5H2,1H3. The minimum absolute atomic E-state index is 0.118. The van der Waals surface area contributed by atoms with Crippen LogP contribution in [0, 0.1) is 0 Å². The summed E-state index contributed by atoms with van der Waals surface area (Å²) in [5.74, 6) is 0. The first-order chi connectivity index (χ1) is 2.89. The average molecular weight is 98.2 g/mol. The Bertz CT molecular complexity index is 74.0. The first-order valence-corrected chi connectivity index (χ1v) is 4.83. The maximum absolute atomic E-state index is 2.50. The summed E-state index contributed by atoms with van der Waals surface area (Å²) in [4.78, 5) is 0. The van der Waals surface area contributed by atoms with E-state index in [9.17, 15) is 0 Å². The van der Waals surface area contributed by atoms with E-state index in [4.69, 9.17) is 0 Å². The lowest BCUT2D eigenvalue weighted by molar-refractivity contribution is 1.03. The highest BCUT2D eigenvalue weighted by Crippen LogP contribution is 2.01. The molecule has 34 valence electrons. The summed E-state index contributed by atoms with van der Waals surface area (Å²) in [6.07, 6.45) is 2.88. The average Bonchev–Trinajstić information content (AvgIpc) is 1.86. The van der Waals surface area contributed by atoms with Crippen LogP contribution in [0.2, 0.25) is 12.6 Å². The van der Waals surface area contributed by atoms with Gasteiger partial charge in [-0.3, -0.25) is 0 Å². The monoisotopic (exact) mass is 98.1 g/mol. The van der Waals surface area contributed by atoms with E-state index in [0.29, 0.717) is 0 Å². The first-order valence-electron chi connectivity index (χ1n) is 2.55. The molecule has 0 aromatic rings. The van der Waals surface area contributed by atoms with Crippen molar-refractivity contribution in [2.45, 2.75) is 25.4 Å². The summed E-state index contributed by atoms with van der Waals surface area (Å²) in [6, 6.07) is 1.53. The molecular formula is C5H10Si. The van der Waals surface area contributed by atoms with Crippen LogP contribution in [0.15, 0.2) is 0 Å². The van der Waals surface area contributed by atoms with Gasteiger partial charge in [-0.15, -0.1) is 5.67 Å². The summed E-state index contributed by atoms with van der Waals surface area (Å²) >= 11 is 0.